The summed E-state index contributed by atoms with van der Waals surface area (Å²) in [5.41, 5.74) is 11.4. The number of aromatic nitrogens is 2. The summed E-state index contributed by atoms with van der Waals surface area (Å²) in [6.07, 6.45) is 9.33. The smallest absolute Gasteiger partial charge is 0.115 e. The molecule has 0 saturated heterocycles. The third kappa shape index (κ3) is 4.45. The minimum Gasteiger partial charge on any atom is -0.310 e. The lowest BCUT2D eigenvalue weighted by molar-refractivity contribution is 0.920. The number of anilines is 3. The van der Waals surface area contributed by atoms with Crippen LogP contribution in [0.25, 0.3) is 11.1 Å². The molecule has 3 nitrogen and oxygen atoms in total. The summed E-state index contributed by atoms with van der Waals surface area (Å²) in [7, 11) is 0. The van der Waals surface area contributed by atoms with Crippen LogP contribution in [0, 0.1) is 0 Å². The highest BCUT2D eigenvalue weighted by Crippen LogP contribution is 2.38. The average Bonchev–Trinajstić information content (AvgIpc) is 2.92. The molecule has 1 heterocycles. The normalized spacial score (nSPS) is 12.7. The van der Waals surface area contributed by atoms with Crippen LogP contribution >= 0.6 is 0 Å². The first-order valence-electron chi connectivity index (χ1n) is 12.2. The highest BCUT2D eigenvalue weighted by molar-refractivity contribution is 5.79. The van der Waals surface area contributed by atoms with E-state index in [1.807, 2.05) is 12.4 Å². The van der Waals surface area contributed by atoms with Crippen LogP contribution in [0.1, 0.15) is 22.3 Å². The Morgan fingerprint density at radius 1 is 0.543 bits per heavy atom. The van der Waals surface area contributed by atoms with E-state index < -0.39 is 0 Å². The second kappa shape index (κ2) is 9.55. The van der Waals surface area contributed by atoms with Crippen LogP contribution in [0.15, 0.2) is 116 Å². The van der Waals surface area contributed by atoms with Crippen molar-refractivity contribution in [2.24, 2.45) is 0 Å². The molecule has 0 spiro atoms. The maximum Gasteiger partial charge on any atom is 0.115 e. The average molecular weight is 454 g/mol. The number of hydrogen-bond donors (Lipinski definition) is 0. The number of benzene rings is 4. The van der Waals surface area contributed by atoms with E-state index in [1.165, 1.54) is 44.9 Å². The topological polar surface area (TPSA) is 29.0 Å². The standard InChI is InChI=1S/C32H27N3/c1-3-7-29(8-4-1)35(30-9-5-2-6-10-30)32-20-25-12-16-26-15-11-24(13-17-27(32)18-14-25)19-31(26)28-21-33-23-34-22-28/h1-11,14-15,18-23H,12-13,16-17H2. The van der Waals surface area contributed by atoms with Crippen molar-refractivity contribution in [1.82, 2.24) is 9.97 Å². The molecule has 9 rings (SSSR count). The van der Waals surface area contributed by atoms with Crippen molar-refractivity contribution < 1.29 is 0 Å². The van der Waals surface area contributed by atoms with Crippen molar-refractivity contribution in [3.8, 4) is 11.1 Å². The zero-order valence-electron chi connectivity index (χ0n) is 19.6. The lowest BCUT2D eigenvalue weighted by Gasteiger charge is -2.28. The summed E-state index contributed by atoms with van der Waals surface area (Å²) in [4.78, 5) is 10.9. The molecule has 4 aromatic carbocycles. The van der Waals surface area contributed by atoms with Crippen LogP contribution in [-0.2, 0) is 25.7 Å². The molecular weight excluding hydrogens is 426 g/mol. The van der Waals surface area contributed by atoms with Crippen molar-refractivity contribution >= 4 is 17.1 Å². The Labute approximate surface area is 206 Å². The second-order valence-electron chi connectivity index (χ2n) is 9.09. The first-order chi connectivity index (χ1) is 17.3. The van der Waals surface area contributed by atoms with Gasteiger partial charge in [-0.2, -0.15) is 0 Å². The Bertz CT molecular complexity index is 1390. The molecule has 0 aliphatic heterocycles. The first kappa shape index (κ1) is 21.3. The highest BCUT2D eigenvalue weighted by Gasteiger charge is 2.18. The van der Waals surface area contributed by atoms with Gasteiger partial charge in [0.05, 0.1) is 0 Å². The van der Waals surface area contributed by atoms with Gasteiger partial charge in [0.1, 0.15) is 6.33 Å². The Morgan fingerprint density at radius 2 is 1.11 bits per heavy atom. The molecule has 0 N–H and O–H groups in total. The van der Waals surface area contributed by atoms with Crippen LogP contribution in [-0.4, -0.2) is 9.97 Å². The lowest BCUT2D eigenvalue weighted by Crippen LogP contribution is -2.13. The van der Waals surface area contributed by atoms with E-state index in [-0.39, 0.29) is 0 Å². The van der Waals surface area contributed by atoms with Crippen LogP contribution in [0.5, 0.6) is 0 Å². The molecule has 4 aliphatic carbocycles. The van der Waals surface area contributed by atoms with E-state index in [0.29, 0.717) is 0 Å². The number of para-hydroxylation sites is 2. The summed E-state index contributed by atoms with van der Waals surface area (Å²) >= 11 is 0. The van der Waals surface area contributed by atoms with Gasteiger partial charge in [-0.05, 0) is 83.8 Å². The predicted octanol–water partition coefficient (Wildman–Crippen LogP) is 7.50. The molecule has 4 bridgehead atoms. The van der Waals surface area contributed by atoms with Gasteiger partial charge < -0.3 is 4.90 Å². The summed E-state index contributed by atoms with van der Waals surface area (Å²) in [6.45, 7) is 0. The van der Waals surface area contributed by atoms with Gasteiger partial charge in [-0.3, -0.25) is 0 Å². The van der Waals surface area contributed by atoms with Crippen LogP contribution in [0.2, 0.25) is 0 Å². The maximum atomic E-state index is 4.26. The van der Waals surface area contributed by atoms with Gasteiger partial charge in [0.2, 0.25) is 0 Å². The molecule has 5 aromatic rings. The summed E-state index contributed by atoms with van der Waals surface area (Å²) < 4.78 is 0. The van der Waals surface area contributed by atoms with E-state index in [2.05, 4.69) is 112 Å². The van der Waals surface area contributed by atoms with Crippen molar-refractivity contribution in [3.05, 3.63) is 138 Å². The number of nitrogens with zero attached hydrogens (tertiary/aromatic N) is 3. The molecule has 0 radical (unpaired) electrons. The largest absolute Gasteiger partial charge is 0.310 e. The molecule has 1 aromatic heterocycles. The van der Waals surface area contributed by atoms with Gasteiger partial charge in [-0.1, -0.05) is 66.7 Å². The number of hydrogen-bond acceptors (Lipinski definition) is 3. The SMILES string of the molecule is c1ccc(N(c2ccccc2)c2cc3ccc2CCc2ccc(c(-c4cncnc4)c2)CC3)cc1. The van der Waals surface area contributed by atoms with Crippen LogP contribution in [0.3, 0.4) is 0 Å². The minimum atomic E-state index is 0.968. The summed E-state index contributed by atoms with van der Waals surface area (Å²) in [5.74, 6) is 0. The van der Waals surface area contributed by atoms with Crippen LogP contribution < -0.4 is 4.90 Å². The fourth-order valence-corrected chi connectivity index (χ4v) is 5.03. The molecular formula is C32H27N3. The van der Waals surface area contributed by atoms with Crippen molar-refractivity contribution in [3.63, 3.8) is 0 Å². The zero-order valence-corrected chi connectivity index (χ0v) is 19.6. The first-order valence-corrected chi connectivity index (χ1v) is 12.2. The third-order valence-electron chi connectivity index (χ3n) is 6.83. The van der Waals surface area contributed by atoms with Crippen molar-refractivity contribution in [2.75, 3.05) is 4.90 Å². The van der Waals surface area contributed by atoms with E-state index in [1.54, 1.807) is 6.33 Å². The molecule has 0 atom stereocenters. The Balaban J connectivity index is 1.44. The zero-order chi connectivity index (χ0) is 23.5. The third-order valence-corrected chi connectivity index (χ3v) is 6.83. The maximum absolute atomic E-state index is 4.26. The van der Waals surface area contributed by atoms with Crippen molar-refractivity contribution in [1.29, 1.82) is 0 Å². The quantitative estimate of drug-likeness (QED) is 0.282. The molecule has 0 amide bonds. The van der Waals surface area contributed by atoms with Gasteiger partial charge in [0.15, 0.2) is 0 Å². The van der Waals surface area contributed by atoms with Gasteiger partial charge in [-0.25, -0.2) is 9.97 Å². The molecule has 4 aliphatic rings. The molecule has 0 saturated carbocycles. The van der Waals surface area contributed by atoms with E-state index >= 15 is 0 Å². The molecule has 170 valence electrons. The number of rotatable bonds is 4. The highest BCUT2D eigenvalue weighted by atomic mass is 15.1. The molecule has 0 unspecified atom stereocenters. The Hall–Kier alpha value is -4.24. The molecule has 0 fully saturated rings. The predicted molar refractivity (Wildman–Crippen MR) is 143 cm³/mol. The van der Waals surface area contributed by atoms with E-state index in [4.69, 9.17) is 0 Å². The Kier molecular flexibility index (Phi) is 5.82. The van der Waals surface area contributed by atoms with E-state index in [9.17, 15) is 0 Å². The van der Waals surface area contributed by atoms with Crippen molar-refractivity contribution in [2.45, 2.75) is 25.7 Å². The summed E-state index contributed by atoms with van der Waals surface area (Å²) in [5, 5.41) is 0. The van der Waals surface area contributed by atoms with Gasteiger partial charge in [0, 0.05) is 35.0 Å². The van der Waals surface area contributed by atoms with Gasteiger partial charge in [0.25, 0.3) is 0 Å². The summed E-state index contributed by atoms with van der Waals surface area (Å²) in [6, 6.07) is 35.4. The molecule has 35 heavy (non-hydrogen) atoms. The fourth-order valence-electron chi connectivity index (χ4n) is 5.03. The lowest BCUT2D eigenvalue weighted by atomic mass is 9.90. The monoisotopic (exact) mass is 453 g/mol. The number of aryl methyl sites for hydroxylation is 4. The molecule has 3 heteroatoms. The minimum absolute atomic E-state index is 0.968. The second-order valence-corrected chi connectivity index (χ2v) is 9.09. The van der Waals surface area contributed by atoms with E-state index in [0.717, 1.165) is 31.2 Å². The van der Waals surface area contributed by atoms with Gasteiger partial charge in [-0.15, -0.1) is 0 Å². The van der Waals surface area contributed by atoms with Crippen LogP contribution in [0.4, 0.5) is 17.1 Å². The fraction of sp³-hybridized carbons (Fsp3) is 0.125. The Morgan fingerprint density at radius 3 is 1.77 bits per heavy atom. The van der Waals surface area contributed by atoms with Gasteiger partial charge >= 0.3 is 0 Å².